The van der Waals surface area contributed by atoms with Gasteiger partial charge in [0.2, 0.25) is 0 Å². The first kappa shape index (κ1) is 14.6. The second-order valence-electron chi connectivity index (χ2n) is 5.87. The molecule has 4 heteroatoms. The number of fused-ring (bicyclic) bond motifs is 1. The fourth-order valence-electron chi connectivity index (χ4n) is 3.01. The van der Waals surface area contributed by atoms with Crippen LogP contribution in [0, 0.1) is 5.92 Å². The summed E-state index contributed by atoms with van der Waals surface area (Å²) in [5, 5.41) is 16.0. The van der Waals surface area contributed by atoms with E-state index in [1.54, 1.807) is 12.1 Å². The van der Waals surface area contributed by atoms with Gasteiger partial charge in [0.05, 0.1) is 5.56 Å². The van der Waals surface area contributed by atoms with E-state index in [1.807, 2.05) is 24.3 Å². The van der Waals surface area contributed by atoms with Gasteiger partial charge in [-0.1, -0.05) is 43.7 Å². The van der Waals surface area contributed by atoms with E-state index >= 15 is 0 Å². The molecule has 1 amide bonds. The lowest BCUT2D eigenvalue weighted by atomic mass is 9.89. The Kier molecular flexibility index (Phi) is 4.09. The van der Waals surface area contributed by atoms with Crippen LogP contribution in [0.2, 0.25) is 0 Å². The molecule has 1 saturated carbocycles. The van der Waals surface area contributed by atoms with Gasteiger partial charge < -0.3 is 5.11 Å². The van der Waals surface area contributed by atoms with Crippen LogP contribution in [0.4, 0.5) is 0 Å². The second kappa shape index (κ2) is 6.18. The molecule has 0 aliphatic heterocycles. The summed E-state index contributed by atoms with van der Waals surface area (Å²) in [5.41, 5.74) is 3.95. The van der Waals surface area contributed by atoms with Gasteiger partial charge in [-0.05, 0) is 42.0 Å². The molecule has 1 unspecified atom stereocenters. The number of amides is 1. The van der Waals surface area contributed by atoms with E-state index in [-0.39, 0.29) is 17.2 Å². The van der Waals surface area contributed by atoms with Gasteiger partial charge in [0, 0.05) is 5.71 Å². The zero-order valence-electron chi connectivity index (χ0n) is 12.7. The van der Waals surface area contributed by atoms with Crippen LogP contribution in [0.15, 0.2) is 41.5 Å². The normalized spacial score (nSPS) is 20.2. The monoisotopic (exact) mass is 296 g/mol. The topological polar surface area (TPSA) is 61.7 Å². The second-order valence-corrected chi connectivity index (χ2v) is 5.87. The van der Waals surface area contributed by atoms with Crippen LogP contribution < -0.4 is 5.43 Å². The number of benzene rings is 2. The number of hydrogen-bond donors (Lipinski definition) is 2. The lowest BCUT2D eigenvalue weighted by molar-refractivity contribution is 0.0953. The summed E-state index contributed by atoms with van der Waals surface area (Å²) in [5.74, 6) is 0.0304. The molecule has 1 atom stereocenters. The molecule has 0 saturated heterocycles. The van der Waals surface area contributed by atoms with Crippen molar-refractivity contribution in [1.82, 2.24) is 5.43 Å². The van der Waals surface area contributed by atoms with Crippen LogP contribution in [0.5, 0.6) is 5.75 Å². The van der Waals surface area contributed by atoms with Crippen molar-refractivity contribution in [3.05, 3.63) is 42.0 Å². The summed E-state index contributed by atoms with van der Waals surface area (Å²) in [7, 11) is 0. The number of phenols is 1. The Labute approximate surface area is 129 Å². The fourth-order valence-corrected chi connectivity index (χ4v) is 3.01. The van der Waals surface area contributed by atoms with Crippen LogP contribution >= 0.6 is 0 Å². The smallest absolute Gasteiger partial charge is 0.275 e. The molecule has 2 aromatic carbocycles. The first-order valence-electron chi connectivity index (χ1n) is 7.74. The van der Waals surface area contributed by atoms with Crippen molar-refractivity contribution in [2.24, 2.45) is 11.0 Å². The van der Waals surface area contributed by atoms with Gasteiger partial charge >= 0.3 is 0 Å². The molecule has 0 radical (unpaired) electrons. The Morgan fingerprint density at radius 1 is 1.23 bits per heavy atom. The zero-order chi connectivity index (χ0) is 15.5. The quantitative estimate of drug-likeness (QED) is 0.827. The highest BCUT2D eigenvalue weighted by Gasteiger charge is 2.18. The van der Waals surface area contributed by atoms with Gasteiger partial charge in [-0.15, -0.1) is 0 Å². The number of hydrazone groups is 1. The van der Waals surface area contributed by atoms with Crippen molar-refractivity contribution >= 4 is 22.4 Å². The van der Waals surface area contributed by atoms with Crippen molar-refractivity contribution in [2.45, 2.75) is 32.6 Å². The first-order chi connectivity index (χ1) is 10.7. The van der Waals surface area contributed by atoms with Gasteiger partial charge in [0.1, 0.15) is 5.75 Å². The Morgan fingerprint density at radius 2 is 2.05 bits per heavy atom. The number of nitrogens with zero attached hydrogens (tertiary/aromatic N) is 1. The largest absolute Gasteiger partial charge is 0.507 e. The van der Waals surface area contributed by atoms with Crippen LogP contribution in [0.25, 0.3) is 10.8 Å². The van der Waals surface area contributed by atoms with Gasteiger partial charge in [0.15, 0.2) is 0 Å². The highest BCUT2D eigenvalue weighted by Crippen LogP contribution is 2.27. The van der Waals surface area contributed by atoms with Gasteiger partial charge in [-0.2, -0.15) is 5.10 Å². The molecule has 1 fully saturated rings. The molecule has 22 heavy (non-hydrogen) atoms. The van der Waals surface area contributed by atoms with E-state index in [2.05, 4.69) is 17.5 Å². The summed E-state index contributed by atoms with van der Waals surface area (Å²) in [4.78, 5) is 12.5. The van der Waals surface area contributed by atoms with E-state index in [1.165, 1.54) is 6.42 Å². The van der Waals surface area contributed by atoms with Gasteiger partial charge in [-0.3, -0.25) is 4.79 Å². The Bertz CT molecular complexity index is 737. The molecule has 1 aliphatic rings. The van der Waals surface area contributed by atoms with E-state index in [0.29, 0.717) is 5.92 Å². The van der Waals surface area contributed by atoms with Crippen LogP contribution in [-0.2, 0) is 0 Å². The maximum atomic E-state index is 12.5. The minimum absolute atomic E-state index is 0.0203. The minimum atomic E-state index is -0.362. The first-order valence-corrected chi connectivity index (χ1v) is 7.74. The zero-order valence-corrected chi connectivity index (χ0v) is 12.7. The van der Waals surface area contributed by atoms with E-state index in [4.69, 9.17) is 0 Å². The predicted molar refractivity (Wildman–Crippen MR) is 88.1 cm³/mol. The van der Waals surface area contributed by atoms with Crippen molar-refractivity contribution in [3.8, 4) is 5.75 Å². The summed E-state index contributed by atoms with van der Waals surface area (Å²) in [6, 6.07) is 10.9. The van der Waals surface area contributed by atoms with Gasteiger partial charge in [0.25, 0.3) is 5.91 Å². The average Bonchev–Trinajstić information content (AvgIpc) is 2.53. The molecule has 0 bridgehead atoms. The average molecular weight is 296 g/mol. The lowest BCUT2D eigenvalue weighted by Gasteiger charge is -2.19. The maximum absolute atomic E-state index is 12.5. The van der Waals surface area contributed by atoms with E-state index in [0.717, 1.165) is 35.7 Å². The van der Waals surface area contributed by atoms with Crippen LogP contribution in [-0.4, -0.2) is 16.7 Å². The summed E-state index contributed by atoms with van der Waals surface area (Å²) >= 11 is 0. The Balaban J connectivity index is 1.89. The molecule has 2 aromatic rings. The molecule has 0 heterocycles. The maximum Gasteiger partial charge on any atom is 0.275 e. The van der Waals surface area contributed by atoms with Gasteiger partial charge in [-0.25, -0.2) is 5.43 Å². The van der Waals surface area contributed by atoms with Crippen molar-refractivity contribution in [3.63, 3.8) is 0 Å². The van der Waals surface area contributed by atoms with Crippen molar-refractivity contribution < 1.29 is 9.90 Å². The number of nitrogens with one attached hydrogen (secondary N) is 1. The molecule has 114 valence electrons. The highest BCUT2D eigenvalue weighted by molar-refractivity contribution is 6.09. The Hall–Kier alpha value is -2.36. The van der Waals surface area contributed by atoms with E-state index in [9.17, 15) is 9.90 Å². The van der Waals surface area contributed by atoms with Crippen LogP contribution in [0.1, 0.15) is 43.0 Å². The summed E-state index contributed by atoms with van der Waals surface area (Å²) in [6.07, 6.45) is 4.40. The SMILES string of the molecule is CC1CCCCC1=NNC(=O)c1c(O)ccc2ccccc12. The van der Waals surface area contributed by atoms with Crippen molar-refractivity contribution in [2.75, 3.05) is 0 Å². The highest BCUT2D eigenvalue weighted by atomic mass is 16.3. The molecule has 3 rings (SSSR count). The fraction of sp³-hybridized carbons (Fsp3) is 0.333. The molecule has 1 aliphatic carbocycles. The number of rotatable bonds is 2. The standard InChI is InChI=1S/C18H20N2O2/c1-12-6-2-5-9-15(12)19-20-18(22)17-14-8-4-3-7-13(14)10-11-16(17)21/h3-4,7-8,10-12,21H,2,5-6,9H2,1H3,(H,20,22). The number of carbonyl (C=O) groups excluding carboxylic acids is 1. The molecule has 0 aromatic heterocycles. The molecule has 0 spiro atoms. The molecular weight excluding hydrogens is 276 g/mol. The number of aromatic hydroxyl groups is 1. The van der Waals surface area contributed by atoms with Crippen molar-refractivity contribution in [1.29, 1.82) is 0 Å². The third-order valence-electron chi connectivity index (χ3n) is 4.32. The molecule has 2 N–H and O–H groups in total. The summed E-state index contributed by atoms with van der Waals surface area (Å²) < 4.78 is 0. The lowest BCUT2D eigenvalue weighted by Crippen LogP contribution is -2.24. The number of hydrogen-bond acceptors (Lipinski definition) is 3. The van der Waals surface area contributed by atoms with E-state index < -0.39 is 0 Å². The third kappa shape index (κ3) is 2.82. The summed E-state index contributed by atoms with van der Waals surface area (Å²) in [6.45, 7) is 2.14. The number of phenolic OH excluding ortho intramolecular Hbond substituents is 1. The minimum Gasteiger partial charge on any atom is -0.507 e. The predicted octanol–water partition coefficient (Wildman–Crippen LogP) is 3.84. The third-order valence-corrected chi connectivity index (χ3v) is 4.32. The number of carbonyl (C=O) groups is 1. The Morgan fingerprint density at radius 3 is 2.86 bits per heavy atom. The van der Waals surface area contributed by atoms with Crippen LogP contribution in [0.3, 0.4) is 0 Å². The molecule has 4 nitrogen and oxygen atoms in total. The molecular formula is C18H20N2O2.